The zero-order valence-corrected chi connectivity index (χ0v) is 6.57. The molecule has 1 heterocycles. The summed E-state index contributed by atoms with van der Waals surface area (Å²) >= 11 is 0. The van der Waals surface area contributed by atoms with Crippen LogP contribution in [0, 0.1) is 12.3 Å². The second-order valence-electron chi connectivity index (χ2n) is 2.06. The SMILES string of the molecule is C#Cc1ccc(C=O)nc1OC. The molecule has 60 valence electrons. The molecular weight excluding hydrogens is 154 g/mol. The molecule has 1 aromatic heterocycles. The third-order valence-electron chi connectivity index (χ3n) is 1.35. The molecule has 0 saturated carbocycles. The van der Waals surface area contributed by atoms with Crippen molar-refractivity contribution in [3.8, 4) is 18.2 Å². The summed E-state index contributed by atoms with van der Waals surface area (Å²) in [6, 6.07) is 3.17. The van der Waals surface area contributed by atoms with Gasteiger partial charge in [0.25, 0.3) is 0 Å². The Bertz CT molecular complexity index is 339. The van der Waals surface area contributed by atoms with E-state index >= 15 is 0 Å². The first kappa shape index (κ1) is 8.28. The molecule has 0 amide bonds. The van der Waals surface area contributed by atoms with E-state index in [1.54, 1.807) is 12.1 Å². The predicted molar refractivity (Wildman–Crippen MR) is 44.1 cm³/mol. The molecule has 0 radical (unpaired) electrons. The first-order valence-corrected chi connectivity index (χ1v) is 3.28. The van der Waals surface area contributed by atoms with Crippen molar-refractivity contribution in [1.82, 2.24) is 4.98 Å². The highest BCUT2D eigenvalue weighted by Gasteiger charge is 2.02. The Labute approximate surface area is 70.4 Å². The number of aromatic nitrogens is 1. The van der Waals surface area contributed by atoms with Gasteiger partial charge in [0.1, 0.15) is 5.69 Å². The third kappa shape index (κ3) is 1.43. The number of carbonyl (C=O) groups is 1. The average Bonchev–Trinajstić information content (AvgIpc) is 2.16. The fourth-order valence-electron chi connectivity index (χ4n) is 0.786. The summed E-state index contributed by atoms with van der Waals surface area (Å²) < 4.78 is 4.87. The molecule has 12 heavy (non-hydrogen) atoms. The van der Waals surface area contributed by atoms with Gasteiger partial charge in [-0.15, -0.1) is 6.42 Å². The molecule has 0 fully saturated rings. The van der Waals surface area contributed by atoms with Crippen molar-refractivity contribution in [3.63, 3.8) is 0 Å². The molecule has 0 spiro atoms. The average molecular weight is 161 g/mol. The van der Waals surface area contributed by atoms with Crippen LogP contribution in [0.3, 0.4) is 0 Å². The van der Waals surface area contributed by atoms with E-state index in [0.717, 1.165) is 0 Å². The fourth-order valence-corrected chi connectivity index (χ4v) is 0.786. The smallest absolute Gasteiger partial charge is 0.229 e. The zero-order chi connectivity index (χ0) is 8.97. The molecule has 0 aromatic carbocycles. The van der Waals surface area contributed by atoms with Crippen molar-refractivity contribution < 1.29 is 9.53 Å². The number of hydrogen-bond acceptors (Lipinski definition) is 3. The number of hydrogen-bond donors (Lipinski definition) is 0. The van der Waals surface area contributed by atoms with E-state index in [2.05, 4.69) is 10.9 Å². The predicted octanol–water partition coefficient (Wildman–Crippen LogP) is 0.884. The van der Waals surface area contributed by atoms with Crippen LogP contribution in [0.5, 0.6) is 5.88 Å². The van der Waals surface area contributed by atoms with Crippen molar-refractivity contribution in [3.05, 3.63) is 23.4 Å². The highest BCUT2D eigenvalue weighted by atomic mass is 16.5. The Morgan fingerprint density at radius 3 is 2.92 bits per heavy atom. The normalized spacial score (nSPS) is 8.67. The molecule has 0 unspecified atom stereocenters. The van der Waals surface area contributed by atoms with Crippen LogP contribution in [0.25, 0.3) is 0 Å². The lowest BCUT2D eigenvalue weighted by atomic mass is 10.2. The molecule has 0 N–H and O–H groups in total. The lowest BCUT2D eigenvalue weighted by Gasteiger charge is -2.01. The molecule has 1 rings (SSSR count). The van der Waals surface area contributed by atoms with Gasteiger partial charge in [-0.25, -0.2) is 4.98 Å². The number of pyridine rings is 1. The van der Waals surface area contributed by atoms with Gasteiger partial charge in [0.05, 0.1) is 12.7 Å². The zero-order valence-electron chi connectivity index (χ0n) is 6.57. The van der Waals surface area contributed by atoms with E-state index in [9.17, 15) is 4.79 Å². The summed E-state index contributed by atoms with van der Waals surface area (Å²) in [5.41, 5.74) is 0.856. The molecule has 0 aliphatic heterocycles. The summed E-state index contributed by atoms with van der Waals surface area (Å²) in [4.78, 5) is 14.2. The minimum atomic E-state index is 0.308. The van der Waals surface area contributed by atoms with Crippen LogP contribution in [0.15, 0.2) is 12.1 Å². The minimum Gasteiger partial charge on any atom is -0.480 e. The van der Waals surface area contributed by atoms with Crippen molar-refractivity contribution in [2.45, 2.75) is 0 Å². The monoisotopic (exact) mass is 161 g/mol. The van der Waals surface area contributed by atoms with E-state index in [1.165, 1.54) is 7.11 Å². The van der Waals surface area contributed by atoms with Gasteiger partial charge >= 0.3 is 0 Å². The van der Waals surface area contributed by atoms with Crippen LogP contribution in [-0.2, 0) is 0 Å². The van der Waals surface area contributed by atoms with Crippen LogP contribution in [-0.4, -0.2) is 18.4 Å². The Balaban J connectivity index is 3.21. The summed E-state index contributed by atoms with van der Waals surface area (Å²) in [6.07, 6.45) is 5.80. The van der Waals surface area contributed by atoms with Crippen LogP contribution in [0.4, 0.5) is 0 Å². The molecule has 0 bridgehead atoms. The quantitative estimate of drug-likeness (QED) is 0.477. The number of aldehydes is 1. The molecule has 3 heteroatoms. The number of ether oxygens (including phenoxy) is 1. The number of rotatable bonds is 2. The first-order chi connectivity index (χ1) is 5.81. The third-order valence-corrected chi connectivity index (χ3v) is 1.35. The fraction of sp³-hybridized carbons (Fsp3) is 0.111. The number of nitrogens with zero attached hydrogens (tertiary/aromatic N) is 1. The Morgan fingerprint density at radius 2 is 2.42 bits per heavy atom. The Kier molecular flexibility index (Phi) is 2.44. The first-order valence-electron chi connectivity index (χ1n) is 3.28. The summed E-state index contributed by atoms with van der Waals surface area (Å²) in [5.74, 6) is 2.70. The molecular formula is C9H7NO2. The van der Waals surface area contributed by atoms with Crippen LogP contribution < -0.4 is 4.74 Å². The number of terminal acetylenes is 1. The molecule has 0 atom stereocenters. The second-order valence-corrected chi connectivity index (χ2v) is 2.06. The summed E-state index contributed by atoms with van der Waals surface area (Å²) in [5, 5.41) is 0. The molecule has 3 nitrogen and oxygen atoms in total. The topological polar surface area (TPSA) is 39.2 Å². The maximum Gasteiger partial charge on any atom is 0.229 e. The number of methoxy groups -OCH3 is 1. The lowest BCUT2D eigenvalue weighted by molar-refractivity contribution is 0.111. The van der Waals surface area contributed by atoms with E-state index < -0.39 is 0 Å². The molecule has 0 aliphatic carbocycles. The number of carbonyl (C=O) groups excluding carboxylic acids is 1. The Morgan fingerprint density at radius 1 is 1.67 bits per heavy atom. The van der Waals surface area contributed by atoms with Gasteiger partial charge in [-0.3, -0.25) is 4.79 Å². The van der Waals surface area contributed by atoms with E-state index in [0.29, 0.717) is 23.4 Å². The van der Waals surface area contributed by atoms with Crippen LogP contribution >= 0.6 is 0 Å². The molecule has 1 aromatic rings. The highest BCUT2D eigenvalue weighted by molar-refractivity contribution is 5.72. The van der Waals surface area contributed by atoms with Crippen LogP contribution in [0.2, 0.25) is 0 Å². The standard InChI is InChI=1S/C9H7NO2/c1-3-7-4-5-8(6-11)10-9(7)12-2/h1,4-6H,2H3. The minimum absolute atomic E-state index is 0.308. The molecule has 0 saturated heterocycles. The summed E-state index contributed by atoms with van der Waals surface area (Å²) in [6.45, 7) is 0. The van der Waals surface area contributed by atoms with E-state index in [4.69, 9.17) is 11.2 Å². The molecule has 0 aliphatic rings. The van der Waals surface area contributed by atoms with Gasteiger partial charge in [0.15, 0.2) is 6.29 Å². The van der Waals surface area contributed by atoms with E-state index in [1.807, 2.05) is 0 Å². The van der Waals surface area contributed by atoms with Crippen molar-refractivity contribution >= 4 is 6.29 Å². The van der Waals surface area contributed by atoms with Gasteiger partial charge in [-0.1, -0.05) is 5.92 Å². The maximum absolute atomic E-state index is 10.3. The van der Waals surface area contributed by atoms with Gasteiger partial charge in [-0.2, -0.15) is 0 Å². The second kappa shape index (κ2) is 3.54. The van der Waals surface area contributed by atoms with Gasteiger partial charge in [0.2, 0.25) is 5.88 Å². The maximum atomic E-state index is 10.3. The largest absolute Gasteiger partial charge is 0.480 e. The highest BCUT2D eigenvalue weighted by Crippen LogP contribution is 2.13. The van der Waals surface area contributed by atoms with Crippen molar-refractivity contribution in [2.75, 3.05) is 7.11 Å². The van der Waals surface area contributed by atoms with Gasteiger partial charge in [-0.05, 0) is 12.1 Å². The van der Waals surface area contributed by atoms with Gasteiger partial charge < -0.3 is 4.74 Å². The van der Waals surface area contributed by atoms with Crippen molar-refractivity contribution in [2.24, 2.45) is 0 Å². The lowest BCUT2D eigenvalue weighted by Crippen LogP contribution is -1.95. The summed E-state index contributed by atoms with van der Waals surface area (Å²) in [7, 11) is 1.46. The van der Waals surface area contributed by atoms with E-state index in [-0.39, 0.29) is 0 Å². The van der Waals surface area contributed by atoms with Crippen molar-refractivity contribution in [1.29, 1.82) is 0 Å². The Hall–Kier alpha value is -1.82. The van der Waals surface area contributed by atoms with Crippen LogP contribution in [0.1, 0.15) is 16.1 Å². The van der Waals surface area contributed by atoms with Gasteiger partial charge in [0, 0.05) is 0 Å².